The molecule has 0 bridgehead atoms. The van der Waals surface area contributed by atoms with Crippen LogP contribution in [-0.4, -0.2) is 10.8 Å². The lowest BCUT2D eigenvalue weighted by molar-refractivity contribution is 0.101. The Bertz CT molecular complexity index is 387. The first-order chi connectivity index (χ1) is 7.18. The minimum Gasteiger partial charge on any atom is -0.324 e. The van der Waals surface area contributed by atoms with Gasteiger partial charge >= 0.3 is 0 Å². The number of hydrogen-bond acceptors (Lipinski definition) is 3. The number of rotatable bonds is 1. The highest BCUT2D eigenvalue weighted by molar-refractivity contribution is 5.92. The normalized spacial score (nSPS) is 20.5. The van der Waals surface area contributed by atoms with Crippen LogP contribution in [0, 0.1) is 0 Å². The van der Waals surface area contributed by atoms with Crippen molar-refractivity contribution in [3.05, 3.63) is 29.1 Å². The first-order valence-electron chi connectivity index (χ1n) is 5.44. The van der Waals surface area contributed by atoms with Gasteiger partial charge in [-0.25, -0.2) is 0 Å². The van der Waals surface area contributed by atoms with E-state index in [9.17, 15) is 4.79 Å². The predicted molar refractivity (Wildman–Crippen MR) is 58.7 cm³/mol. The maximum atomic E-state index is 11.2. The summed E-state index contributed by atoms with van der Waals surface area (Å²) in [5.74, 6) is 0.0237. The van der Waals surface area contributed by atoms with Crippen molar-refractivity contribution >= 4 is 5.78 Å². The van der Waals surface area contributed by atoms with Crippen molar-refractivity contribution in [2.75, 3.05) is 0 Å². The van der Waals surface area contributed by atoms with E-state index in [-0.39, 0.29) is 11.8 Å². The maximum absolute atomic E-state index is 11.2. The lowest BCUT2D eigenvalue weighted by atomic mass is 10.0. The zero-order valence-electron chi connectivity index (χ0n) is 8.99. The van der Waals surface area contributed by atoms with Crippen molar-refractivity contribution in [2.24, 2.45) is 5.73 Å². The zero-order valence-corrected chi connectivity index (χ0v) is 8.99. The minimum atomic E-state index is 0.0237. The predicted octanol–water partition coefficient (Wildman–Crippen LogP) is 2.01. The smallest absolute Gasteiger partial charge is 0.178 e. The van der Waals surface area contributed by atoms with E-state index in [4.69, 9.17) is 5.73 Å². The number of carbonyl (C=O) groups is 1. The summed E-state index contributed by atoms with van der Waals surface area (Å²) in [4.78, 5) is 15.4. The summed E-state index contributed by atoms with van der Waals surface area (Å²) in [6.07, 6.45) is 6.13. The van der Waals surface area contributed by atoms with Crippen LogP contribution in [0.25, 0.3) is 0 Å². The molecular formula is C12H16N2O. The molecule has 0 saturated heterocycles. The van der Waals surface area contributed by atoms with Gasteiger partial charge in [0.25, 0.3) is 0 Å². The van der Waals surface area contributed by atoms with Gasteiger partial charge in [-0.05, 0) is 36.5 Å². The molecule has 3 nitrogen and oxygen atoms in total. The van der Waals surface area contributed by atoms with E-state index in [1.54, 1.807) is 13.1 Å². The van der Waals surface area contributed by atoms with Crippen molar-refractivity contribution in [1.82, 2.24) is 4.98 Å². The van der Waals surface area contributed by atoms with Gasteiger partial charge in [-0.2, -0.15) is 0 Å². The highest BCUT2D eigenvalue weighted by Crippen LogP contribution is 2.26. The summed E-state index contributed by atoms with van der Waals surface area (Å²) >= 11 is 0. The van der Waals surface area contributed by atoms with Gasteiger partial charge in [-0.1, -0.05) is 6.42 Å². The number of hydrogen-bond donors (Lipinski definition) is 1. The summed E-state index contributed by atoms with van der Waals surface area (Å²) in [6.45, 7) is 1.55. The van der Waals surface area contributed by atoms with Crippen LogP contribution in [0.3, 0.4) is 0 Å². The Morgan fingerprint density at radius 2 is 2.33 bits per heavy atom. The summed E-state index contributed by atoms with van der Waals surface area (Å²) in [5, 5.41) is 0. The van der Waals surface area contributed by atoms with E-state index in [2.05, 4.69) is 4.98 Å². The Morgan fingerprint density at radius 3 is 3.07 bits per heavy atom. The van der Waals surface area contributed by atoms with Crippen LogP contribution in [0.1, 0.15) is 53.8 Å². The Kier molecular flexibility index (Phi) is 2.82. The third-order valence-electron chi connectivity index (χ3n) is 3.00. The third kappa shape index (κ3) is 2.07. The van der Waals surface area contributed by atoms with Crippen LogP contribution in [0.4, 0.5) is 0 Å². The summed E-state index contributed by atoms with van der Waals surface area (Å²) in [7, 11) is 0. The van der Waals surface area contributed by atoms with Gasteiger partial charge < -0.3 is 5.73 Å². The van der Waals surface area contributed by atoms with E-state index in [0.717, 1.165) is 31.2 Å². The first kappa shape index (κ1) is 10.3. The number of fused-ring (bicyclic) bond motifs is 1. The maximum Gasteiger partial charge on any atom is 0.178 e. The summed E-state index contributed by atoms with van der Waals surface area (Å²) < 4.78 is 0. The molecule has 1 aromatic rings. The fourth-order valence-corrected chi connectivity index (χ4v) is 2.09. The molecule has 0 saturated carbocycles. The second kappa shape index (κ2) is 4.11. The number of ketones is 1. The molecule has 0 amide bonds. The van der Waals surface area contributed by atoms with E-state index in [1.165, 1.54) is 5.56 Å². The molecule has 2 rings (SSSR count). The van der Waals surface area contributed by atoms with Gasteiger partial charge in [0, 0.05) is 19.2 Å². The van der Waals surface area contributed by atoms with Gasteiger partial charge in [-0.15, -0.1) is 0 Å². The molecule has 15 heavy (non-hydrogen) atoms. The molecule has 1 heterocycles. The van der Waals surface area contributed by atoms with Gasteiger partial charge in [-0.3, -0.25) is 9.78 Å². The van der Waals surface area contributed by atoms with Crippen LogP contribution >= 0.6 is 0 Å². The van der Waals surface area contributed by atoms with Crippen molar-refractivity contribution in [2.45, 2.75) is 38.6 Å². The lowest BCUT2D eigenvalue weighted by Crippen LogP contribution is -2.12. The number of carbonyl (C=O) groups excluding carboxylic acids is 1. The van der Waals surface area contributed by atoms with Crippen LogP contribution in [0.5, 0.6) is 0 Å². The summed E-state index contributed by atoms with van der Waals surface area (Å²) in [5.41, 5.74) is 8.94. The molecule has 1 aliphatic rings. The monoisotopic (exact) mass is 204 g/mol. The van der Waals surface area contributed by atoms with Crippen LogP contribution in [0.15, 0.2) is 12.3 Å². The quantitative estimate of drug-likeness (QED) is 0.562. The SMILES string of the molecule is CC(=O)c1cc2c(cn1)C(N)CCCC2. The molecule has 0 radical (unpaired) electrons. The Hall–Kier alpha value is -1.22. The molecule has 3 heteroatoms. The van der Waals surface area contributed by atoms with Gasteiger partial charge in [0.15, 0.2) is 5.78 Å². The molecule has 0 fully saturated rings. The molecule has 1 aromatic heterocycles. The van der Waals surface area contributed by atoms with Crippen molar-refractivity contribution in [1.29, 1.82) is 0 Å². The van der Waals surface area contributed by atoms with Crippen molar-refractivity contribution in [3.63, 3.8) is 0 Å². The van der Waals surface area contributed by atoms with E-state index < -0.39 is 0 Å². The van der Waals surface area contributed by atoms with Gasteiger partial charge in [0.1, 0.15) is 5.69 Å². The first-order valence-corrected chi connectivity index (χ1v) is 5.44. The molecule has 1 atom stereocenters. The topological polar surface area (TPSA) is 56.0 Å². The van der Waals surface area contributed by atoms with E-state index in [0.29, 0.717) is 5.69 Å². The third-order valence-corrected chi connectivity index (χ3v) is 3.00. The van der Waals surface area contributed by atoms with Crippen LogP contribution in [0.2, 0.25) is 0 Å². The van der Waals surface area contributed by atoms with E-state index >= 15 is 0 Å². The number of nitrogens with zero attached hydrogens (tertiary/aromatic N) is 1. The molecule has 2 N–H and O–H groups in total. The molecule has 0 aromatic carbocycles. The average molecular weight is 204 g/mol. The highest BCUT2D eigenvalue weighted by Gasteiger charge is 2.16. The summed E-state index contributed by atoms with van der Waals surface area (Å²) in [6, 6.07) is 2.00. The lowest BCUT2D eigenvalue weighted by Gasteiger charge is -2.12. The number of Topliss-reactive ketones (excluding diaryl/α,β-unsaturated/α-hetero) is 1. The largest absolute Gasteiger partial charge is 0.324 e. The second-order valence-corrected chi connectivity index (χ2v) is 4.18. The fraction of sp³-hybridized carbons (Fsp3) is 0.500. The number of aryl methyl sites for hydroxylation is 1. The van der Waals surface area contributed by atoms with Gasteiger partial charge in [0.2, 0.25) is 0 Å². The Labute approximate surface area is 89.7 Å². The highest BCUT2D eigenvalue weighted by atomic mass is 16.1. The Morgan fingerprint density at radius 1 is 1.53 bits per heavy atom. The fourth-order valence-electron chi connectivity index (χ4n) is 2.09. The van der Waals surface area contributed by atoms with Gasteiger partial charge in [0.05, 0.1) is 0 Å². The number of pyridine rings is 1. The number of nitrogens with two attached hydrogens (primary N) is 1. The number of aromatic nitrogens is 1. The van der Waals surface area contributed by atoms with Crippen molar-refractivity contribution in [3.8, 4) is 0 Å². The molecule has 80 valence electrons. The molecule has 1 aliphatic carbocycles. The Balaban J connectivity index is 2.42. The van der Waals surface area contributed by atoms with Crippen molar-refractivity contribution < 1.29 is 4.79 Å². The molecule has 1 unspecified atom stereocenters. The molecular weight excluding hydrogens is 188 g/mol. The molecule has 0 spiro atoms. The zero-order chi connectivity index (χ0) is 10.8. The van der Waals surface area contributed by atoms with Crippen LogP contribution < -0.4 is 5.73 Å². The minimum absolute atomic E-state index is 0.0237. The standard InChI is InChI=1S/C12H16N2O/c1-8(15)12-6-9-4-2-3-5-11(13)10(9)7-14-12/h6-7,11H,2-5,13H2,1H3. The second-order valence-electron chi connectivity index (χ2n) is 4.18. The average Bonchev–Trinajstić information content (AvgIpc) is 2.40. The van der Waals surface area contributed by atoms with E-state index in [1.807, 2.05) is 6.07 Å². The van der Waals surface area contributed by atoms with Crippen LogP contribution in [-0.2, 0) is 6.42 Å². The molecule has 0 aliphatic heterocycles.